The fourth-order valence-corrected chi connectivity index (χ4v) is 2.97. The van der Waals surface area contributed by atoms with E-state index in [2.05, 4.69) is 26.0 Å². The molecule has 1 N–H and O–H groups in total. The van der Waals surface area contributed by atoms with E-state index in [-0.39, 0.29) is 18.2 Å². The summed E-state index contributed by atoms with van der Waals surface area (Å²) in [6, 6.07) is 4.11. The number of ether oxygens (including phenoxy) is 2. The molecule has 1 atom stereocenters. The zero-order chi connectivity index (χ0) is 17.7. The molecular weight excluding hydrogens is 380 g/mol. The molecule has 0 bridgehead atoms. The van der Waals surface area contributed by atoms with Crippen LogP contribution in [0.1, 0.15) is 23.7 Å². The van der Waals surface area contributed by atoms with Gasteiger partial charge in [-0.2, -0.15) is 0 Å². The summed E-state index contributed by atoms with van der Waals surface area (Å²) in [7, 11) is 1.25. The number of carbonyl (C=O) groups is 3. The molecule has 130 valence electrons. The van der Waals surface area contributed by atoms with Crippen LogP contribution in [-0.4, -0.2) is 55.5 Å². The summed E-state index contributed by atoms with van der Waals surface area (Å²) < 4.78 is 10.7. The summed E-state index contributed by atoms with van der Waals surface area (Å²) in [6.07, 6.45) is -0.174. The second kappa shape index (κ2) is 8.14. The highest BCUT2D eigenvalue weighted by Crippen LogP contribution is 2.27. The van der Waals surface area contributed by atoms with Gasteiger partial charge in [-0.25, -0.2) is 0 Å². The number of halogens is 1. The SMILES string of the molecule is CCOc1ccc(C(=O)N2CCNC(=O)C2CC(=O)OC)cc1Br. The number of amides is 2. The van der Waals surface area contributed by atoms with Crippen molar-refractivity contribution in [1.82, 2.24) is 10.2 Å². The lowest BCUT2D eigenvalue weighted by molar-refractivity contribution is -0.145. The van der Waals surface area contributed by atoms with Crippen molar-refractivity contribution < 1.29 is 23.9 Å². The third kappa shape index (κ3) is 4.05. The van der Waals surface area contributed by atoms with Crippen molar-refractivity contribution in [3.63, 3.8) is 0 Å². The van der Waals surface area contributed by atoms with Crippen molar-refractivity contribution in [2.24, 2.45) is 0 Å². The minimum atomic E-state index is -0.871. The fraction of sp³-hybridized carbons (Fsp3) is 0.438. The van der Waals surface area contributed by atoms with E-state index in [0.717, 1.165) is 0 Å². The van der Waals surface area contributed by atoms with E-state index in [9.17, 15) is 14.4 Å². The number of rotatable bonds is 5. The Morgan fingerprint density at radius 1 is 1.42 bits per heavy atom. The Kier molecular flexibility index (Phi) is 6.19. The van der Waals surface area contributed by atoms with Gasteiger partial charge in [0.25, 0.3) is 5.91 Å². The van der Waals surface area contributed by atoms with Gasteiger partial charge in [0, 0.05) is 18.7 Å². The van der Waals surface area contributed by atoms with Crippen LogP contribution in [0.2, 0.25) is 0 Å². The highest BCUT2D eigenvalue weighted by atomic mass is 79.9. The Bertz CT molecular complexity index is 649. The van der Waals surface area contributed by atoms with Gasteiger partial charge in [0.2, 0.25) is 5.91 Å². The van der Waals surface area contributed by atoms with Gasteiger partial charge in [-0.05, 0) is 41.1 Å². The van der Waals surface area contributed by atoms with Gasteiger partial charge >= 0.3 is 5.97 Å². The van der Waals surface area contributed by atoms with Crippen LogP contribution < -0.4 is 10.1 Å². The molecule has 1 saturated heterocycles. The van der Waals surface area contributed by atoms with E-state index >= 15 is 0 Å². The number of benzene rings is 1. The van der Waals surface area contributed by atoms with Crippen molar-refractivity contribution >= 4 is 33.7 Å². The topological polar surface area (TPSA) is 84.9 Å². The van der Waals surface area contributed by atoms with Crippen LogP contribution in [0.5, 0.6) is 5.75 Å². The lowest BCUT2D eigenvalue weighted by atomic mass is 10.1. The number of esters is 1. The van der Waals surface area contributed by atoms with Crippen molar-refractivity contribution in [2.45, 2.75) is 19.4 Å². The molecular formula is C16H19BrN2O5. The van der Waals surface area contributed by atoms with E-state index < -0.39 is 12.0 Å². The third-order valence-electron chi connectivity index (χ3n) is 3.66. The largest absolute Gasteiger partial charge is 0.493 e. The number of nitrogens with zero attached hydrogens (tertiary/aromatic N) is 1. The van der Waals surface area contributed by atoms with E-state index in [1.165, 1.54) is 12.0 Å². The summed E-state index contributed by atoms with van der Waals surface area (Å²) in [5.74, 6) is -0.577. The molecule has 1 aromatic carbocycles. The highest BCUT2D eigenvalue weighted by molar-refractivity contribution is 9.10. The van der Waals surface area contributed by atoms with Crippen LogP contribution in [0, 0.1) is 0 Å². The van der Waals surface area contributed by atoms with Gasteiger partial charge in [-0.1, -0.05) is 0 Å². The van der Waals surface area contributed by atoms with Crippen LogP contribution in [-0.2, 0) is 14.3 Å². The highest BCUT2D eigenvalue weighted by Gasteiger charge is 2.35. The van der Waals surface area contributed by atoms with Gasteiger partial charge in [-0.15, -0.1) is 0 Å². The summed E-state index contributed by atoms with van der Waals surface area (Å²) in [5.41, 5.74) is 0.412. The molecule has 7 nitrogen and oxygen atoms in total. The van der Waals surface area contributed by atoms with Crippen molar-refractivity contribution in [3.05, 3.63) is 28.2 Å². The smallest absolute Gasteiger partial charge is 0.308 e. The van der Waals surface area contributed by atoms with E-state index in [1.54, 1.807) is 18.2 Å². The summed E-state index contributed by atoms with van der Waals surface area (Å²) in [6.45, 7) is 3.06. The molecule has 0 radical (unpaired) electrons. The van der Waals surface area contributed by atoms with Crippen LogP contribution in [0.15, 0.2) is 22.7 Å². The average Bonchev–Trinajstić information content (AvgIpc) is 2.57. The molecule has 2 rings (SSSR count). The Hall–Kier alpha value is -2.09. The molecule has 0 aliphatic carbocycles. The number of nitrogens with one attached hydrogen (secondary N) is 1. The summed E-state index contributed by atoms with van der Waals surface area (Å²) in [5, 5.41) is 2.67. The van der Waals surface area contributed by atoms with Crippen LogP contribution in [0.3, 0.4) is 0 Å². The van der Waals surface area contributed by atoms with E-state index in [0.29, 0.717) is 35.5 Å². The predicted molar refractivity (Wildman–Crippen MR) is 89.8 cm³/mol. The number of methoxy groups -OCH3 is 1. The minimum Gasteiger partial charge on any atom is -0.493 e. The number of hydrogen-bond donors (Lipinski definition) is 1. The first-order valence-corrected chi connectivity index (χ1v) is 8.35. The molecule has 0 aromatic heterocycles. The Balaban J connectivity index is 2.23. The average molecular weight is 399 g/mol. The van der Waals surface area contributed by atoms with Gasteiger partial charge in [-0.3, -0.25) is 14.4 Å². The maximum atomic E-state index is 12.8. The molecule has 1 fully saturated rings. The molecule has 1 heterocycles. The summed E-state index contributed by atoms with van der Waals surface area (Å²) in [4.78, 5) is 37.8. The second-order valence-electron chi connectivity index (χ2n) is 5.16. The molecule has 0 saturated carbocycles. The first-order chi connectivity index (χ1) is 11.5. The maximum absolute atomic E-state index is 12.8. The van der Waals surface area contributed by atoms with Crippen LogP contribution >= 0.6 is 15.9 Å². The minimum absolute atomic E-state index is 0.174. The van der Waals surface area contributed by atoms with E-state index in [4.69, 9.17) is 4.74 Å². The normalized spacial score (nSPS) is 17.2. The lowest BCUT2D eigenvalue weighted by Crippen LogP contribution is -2.57. The molecule has 0 spiro atoms. The molecule has 1 aliphatic rings. The molecule has 2 amide bonds. The monoisotopic (exact) mass is 398 g/mol. The van der Waals surface area contributed by atoms with Crippen molar-refractivity contribution in [1.29, 1.82) is 0 Å². The lowest BCUT2D eigenvalue weighted by Gasteiger charge is -2.34. The molecule has 1 aliphatic heterocycles. The molecule has 1 unspecified atom stereocenters. The van der Waals surface area contributed by atoms with Gasteiger partial charge in [0.05, 0.1) is 24.6 Å². The van der Waals surface area contributed by atoms with Crippen molar-refractivity contribution in [3.8, 4) is 5.75 Å². The Morgan fingerprint density at radius 2 is 2.17 bits per heavy atom. The molecule has 1 aromatic rings. The standard InChI is InChI=1S/C16H19BrN2O5/c1-3-24-13-5-4-10(8-11(13)17)16(22)19-7-6-18-15(21)12(19)9-14(20)23-2/h4-5,8,12H,3,6-7,9H2,1-2H3,(H,18,21). The van der Waals surface area contributed by atoms with Crippen LogP contribution in [0.25, 0.3) is 0 Å². The third-order valence-corrected chi connectivity index (χ3v) is 4.28. The predicted octanol–water partition coefficient (Wildman–Crippen LogP) is 1.35. The van der Waals surface area contributed by atoms with Gasteiger partial charge in [0.1, 0.15) is 11.8 Å². The molecule has 24 heavy (non-hydrogen) atoms. The number of hydrogen-bond acceptors (Lipinski definition) is 5. The van der Waals surface area contributed by atoms with E-state index in [1.807, 2.05) is 6.92 Å². The van der Waals surface area contributed by atoms with Gasteiger partial charge < -0.3 is 19.7 Å². The van der Waals surface area contributed by atoms with Crippen molar-refractivity contribution in [2.75, 3.05) is 26.8 Å². The number of carbonyl (C=O) groups excluding carboxylic acids is 3. The first kappa shape index (κ1) is 18.3. The Labute approximate surface area is 148 Å². The fourth-order valence-electron chi connectivity index (χ4n) is 2.47. The van der Waals surface area contributed by atoms with Crippen LogP contribution in [0.4, 0.5) is 0 Å². The zero-order valence-corrected chi connectivity index (χ0v) is 15.1. The second-order valence-corrected chi connectivity index (χ2v) is 6.02. The Morgan fingerprint density at radius 3 is 2.79 bits per heavy atom. The number of piperazine rings is 1. The quantitative estimate of drug-likeness (QED) is 0.756. The summed E-state index contributed by atoms with van der Waals surface area (Å²) >= 11 is 3.37. The molecule has 8 heteroatoms. The maximum Gasteiger partial charge on any atom is 0.308 e. The first-order valence-electron chi connectivity index (χ1n) is 7.55. The van der Waals surface area contributed by atoms with Gasteiger partial charge in [0.15, 0.2) is 0 Å². The zero-order valence-electron chi connectivity index (χ0n) is 13.5.